The summed E-state index contributed by atoms with van der Waals surface area (Å²) in [5, 5.41) is 0. The summed E-state index contributed by atoms with van der Waals surface area (Å²) in [7, 11) is 9.40. The van der Waals surface area contributed by atoms with E-state index in [4.69, 9.17) is 20.4 Å². The van der Waals surface area contributed by atoms with Gasteiger partial charge in [0.15, 0.2) is 0 Å². The van der Waals surface area contributed by atoms with E-state index >= 15 is 0 Å². The van der Waals surface area contributed by atoms with E-state index in [1.165, 1.54) is 0 Å². The first-order chi connectivity index (χ1) is 1.41. The maximum atomic E-state index is 4.70. The van der Waals surface area contributed by atoms with Gasteiger partial charge in [-0.05, 0) is 0 Å². The van der Waals surface area contributed by atoms with Gasteiger partial charge in [-0.25, -0.2) is 0 Å². The molecule has 0 aliphatic heterocycles. The van der Waals surface area contributed by atoms with E-state index in [-0.39, 0.29) is 16.5 Å². The topological polar surface area (TPSA) is 0 Å². The van der Waals surface area contributed by atoms with E-state index in [1.54, 1.807) is 0 Å². The Labute approximate surface area is 49.5 Å². The number of rotatable bonds is 0. The van der Waals surface area contributed by atoms with Gasteiger partial charge in [0.25, 0.3) is 0 Å². The first-order valence-corrected chi connectivity index (χ1v) is 2.96. The largest absolute Gasteiger partial charge is 0 e. The Morgan fingerprint density at radius 2 is 1.25 bits per heavy atom. The Hall–Kier alpha value is 1.57. The van der Waals surface area contributed by atoms with Crippen LogP contribution in [0.3, 0.4) is 0 Å². The van der Waals surface area contributed by atoms with Gasteiger partial charge in [-0.2, -0.15) is 0 Å². The average molecular weight is 188 g/mol. The van der Waals surface area contributed by atoms with Crippen LogP contribution in [0.1, 0.15) is 0 Å². The summed E-state index contributed by atoms with van der Waals surface area (Å²) in [6.07, 6.45) is 0. The van der Waals surface area contributed by atoms with Crippen molar-refractivity contribution in [1.29, 1.82) is 0 Å². The van der Waals surface area contributed by atoms with Gasteiger partial charge < -0.3 is 0 Å². The Morgan fingerprint density at radius 1 is 1.25 bits per heavy atom. The molecule has 0 aromatic heterocycles. The van der Waals surface area contributed by atoms with Gasteiger partial charge in [0.1, 0.15) is 0 Å². The van der Waals surface area contributed by atoms with E-state index in [1.807, 2.05) is 0 Å². The summed E-state index contributed by atoms with van der Waals surface area (Å²) in [6.45, 7) is 0. The molecule has 0 heterocycles. The van der Waals surface area contributed by atoms with Crippen LogP contribution in [0.2, 0.25) is 0 Å². The molecular formula is Cl2Ni2. The summed E-state index contributed by atoms with van der Waals surface area (Å²) in [5.41, 5.74) is 0. The van der Waals surface area contributed by atoms with Crippen LogP contribution >= 0.6 is 20.4 Å². The third-order valence-corrected chi connectivity index (χ3v) is 0. The second-order valence-electron chi connectivity index (χ2n) is 0.0452. The second kappa shape index (κ2) is 8.82. The quantitative estimate of drug-likeness (QED) is 0.504. The second-order valence-corrected chi connectivity index (χ2v) is 1.68. The molecule has 0 nitrogen and oxygen atoms in total. The van der Waals surface area contributed by atoms with E-state index in [0.717, 1.165) is 0 Å². The molecular weight excluding hydrogens is 188 g/mol. The summed E-state index contributed by atoms with van der Waals surface area (Å²) < 4.78 is 0. The van der Waals surface area contributed by atoms with Gasteiger partial charge in [0.2, 0.25) is 0 Å². The van der Waals surface area contributed by atoms with E-state index in [2.05, 4.69) is 0 Å². The molecule has 0 aliphatic carbocycles. The van der Waals surface area contributed by atoms with Gasteiger partial charge in [0, 0.05) is 16.5 Å². The molecule has 0 aromatic rings. The molecule has 0 saturated heterocycles. The molecule has 4 heavy (non-hydrogen) atoms. The summed E-state index contributed by atoms with van der Waals surface area (Å²) >= 11 is 0.569. The predicted octanol–water partition coefficient (Wildman–Crippen LogP) is 1.37. The van der Waals surface area contributed by atoms with Crippen molar-refractivity contribution in [3.05, 3.63) is 0 Å². The number of halogens is 2. The zero-order valence-electron chi connectivity index (χ0n) is 1.39. The van der Waals surface area contributed by atoms with Gasteiger partial charge in [0.05, 0.1) is 0 Å². The SMILES string of the molecule is [Cl][Ni][Cl].[Ni]. The maximum absolute atomic E-state index is 4.70. The zero-order chi connectivity index (χ0) is 2.71. The number of hydrogen-bond acceptors (Lipinski definition) is 0. The molecule has 0 radical (unpaired) electrons. The molecule has 0 rings (SSSR count). The Morgan fingerprint density at radius 3 is 1.25 bits per heavy atom. The molecule has 4 heteroatoms. The molecule has 0 saturated carbocycles. The van der Waals surface area contributed by atoms with Crippen LogP contribution in [-0.2, 0) is 29.1 Å². The van der Waals surface area contributed by atoms with Crippen LogP contribution in [0, 0.1) is 0 Å². The Kier molecular flexibility index (Phi) is 20.1. The number of hydrogen-bond donors (Lipinski definition) is 0. The molecule has 0 fully saturated rings. The van der Waals surface area contributed by atoms with Crippen LogP contribution in [0.15, 0.2) is 0 Å². The van der Waals surface area contributed by atoms with Crippen molar-refractivity contribution in [3.8, 4) is 0 Å². The minimum Gasteiger partial charge on any atom is 0 e. The third kappa shape index (κ3) is 9.57. The molecule has 0 aliphatic rings. The summed E-state index contributed by atoms with van der Waals surface area (Å²) in [5.74, 6) is 0. The van der Waals surface area contributed by atoms with Crippen molar-refractivity contribution in [2.75, 3.05) is 0 Å². The van der Waals surface area contributed by atoms with Gasteiger partial charge in [-0.1, -0.05) is 0 Å². The van der Waals surface area contributed by atoms with Crippen molar-refractivity contribution in [2.24, 2.45) is 0 Å². The molecule has 0 N–H and O–H groups in total. The monoisotopic (exact) mass is 186 g/mol. The molecule has 0 amide bonds. The van der Waals surface area contributed by atoms with Crippen LogP contribution in [-0.4, -0.2) is 0 Å². The minimum atomic E-state index is 0. The van der Waals surface area contributed by atoms with Crippen molar-refractivity contribution in [1.82, 2.24) is 0 Å². The minimum absolute atomic E-state index is 0. The molecule has 0 aromatic carbocycles. The third-order valence-electron chi connectivity index (χ3n) is 0. The Balaban J connectivity index is 0. The first-order valence-electron chi connectivity index (χ1n) is 0.239. The summed E-state index contributed by atoms with van der Waals surface area (Å²) in [4.78, 5) is 0. The molecule has 0 bridgehead atoms. The molecule has 0 atom stereocenters. The first kappa shape index (κ1) is 9.13. The normalized spacial score (nSPS) is 5.50. The zero-order valence-corrected chi connectivity index (χ0v) is 4.88. The smallest absolute Gasteiger partial charge is 0 e. The van der Waals surface area contributed by atoms with Crippen molar-refractivity contribution in [2.45, 2.75) is 0 Å². The fourth-order valence-corrected chi connectivity index (χ4v) is 0. The molecule has 0 unspecified atom stereocenters. The standard InChI is InChI=1S/2ClH.2Ni/h2*1H;;/q;;;+2/p-2. The van der Waals surface area contributed by atoms with Crippen molar-refractivity contribution >= 4 is 20.4 Å². The van der Waals surface area contributed by atoms with Crippen LogP contribution < -0.4 is 0 Å². The van der Waals surface area contributed by atoms with Crippen LogP contribution in [0.5, 0.6) is 0 Å². The molecule has 34 valence electrons. The van der Waals surface area contributed by atoms with Crippen LogP contribution in [0.25, 0.3) is 0 Å². The fraction of sp³-hybridized carbons (Fsp3) is 0. The van der Waals surface area contributed by atoms with Gasteiger partial charge in [-0.15, -0.1) is 0 Å². The van der Waals surface area contributed by atoms with Gasteiger partial charge in [-0.3, -0.25) is 0 Å². The average Bonchev–Trinajstić information content (AvgIpc) is 0.918. The fourth-order valence-electron chi connectivity index (χ4n) is 0. The Bertz CT molecular complexity index is 4.00. The summed E-state index contributed by atoms with van der Waals surface area (Å²) in [6, 6.07) is 0. The maximum Gasteiger partial charge on any atom is 0 e. The predicted molar refractivity (Wildman–Crippen MR) is 11.7 cm³/mol. The molecule has 0 spiro atoms. The van der Waals surface area contributed by atoms with Crippen molar-refractivity contribution < 1.29 is 29.1 Å². The van der Waals surface area contributed by atoms with Crippen molar-refractivity contribution in [3.63, 3.8) is 0 Å². The van der Waals surface area contributed by atoms with E-state index < -0.39 is 0 Å². The van der Waals surface area contributed by atoms with Gasteiger partial charge >= 0.3 is 33.0 Å². The van der Waals surface area contributed by atoms with E-state index in [0.29, 0.717) is 12.7 Å². The van der Waals surface area contributed by atoms with Crippen LogP contribution in [0.4, 0.5) is 0 Å². The van der Waals surface area contributed by atoms with E-state index in [9.17, 15) is 0 Å².